The maximum atomic E-state index is 11.1. The Bertz CT molecular complexity index is 261. The Morgan fingerprint density at radius 2 is 1.78 bits per heavy atom. The molecule has 4 nitrogen and oxygen atoms in total. The minimum absolute atomic E-state index is 0.315. The molecule has 0 fully saturated rings. The number of nitrogens with zero attached hydrogens (tertiary/aromatic N) is 1. The van der Waals surface area contributed by atoms with E-state index in [-0.39, 0.29) is 0 Å². The van der Waals surface area contributed by atoms with Crippen molar-refractivity contribution in [3.63, 3.8) is 0 Å². The highest BCUT2D eigenvalue weighted by atomic mass is 16.4. The average molecular weight is 258 g/mol. The highest BCUT2D eigenvalue weighted by molar-refractivity contribution is 5.78. The fourth-order valence-electron chi connectivity index (χ4n) is 2.09. The van der Waals surface area contributed by atoms with Crippen LogP contribution in [0.2, 0.25) is 0 Å². The summed E-state index contributed by atoms with van der Waals surface area (Å²) in [6, 6.07) is 0. The van der Waals surface area contributed by atoms with Gasteiger partial charge in [-0.15, -0.1) is 0 Å². The van der Waals surface area contributed by atoms with Crippen LogP contribution in [0.3, 0.4) is 0 Å². The molecule has 108 valence electrons. The van der Waals surface area contributed by atoms with Crippen molar-refractivity contribution in [3.05, 3.63) is 0 Å². The second kappa shape index (κ2) is 7.10. The summed E-state index contributed by atoms with van der Waals surface area (Å²) in [5, 5.41) is 12.0. The summed E-state index contributed by atoms with van der Waals surface area (Å²) in [6.07, 6.45) is 2.64. The fraction of sp³-hybridized carbons (Fsp3) is 0.929. The normalized spacial score (nSPS) is 15.7. The monoisotopic (exact) mass is 258 g/mol. The first kappa shape index (κ1) is 17.4. The molecule has 0 aromatic rings. The van der Waals surface area contributed by atoms with Crippen LogP contribution in [0.1, 0.15) is 47.0 Å². The molecule has 1 unspecified atom stereocenters. The molecule has 0 aliphatic carbocycles. The Labute approximate surface area is 112 Å². The van der Waals surface area contributed by atoms with Crippen LogP contribution in [0, 0.1) is 5.41 Å². The predicted molar refractivity (Wildman–Crippen MR) is 75.9 cm³/mol. The van der Waals surface area contributed by atoms with Crippen LogP contribution < -0.4 is 5.32 Å². The molecule has 0 amide bonds. The Balaban J connectivity index is 3.89. The lowest BCUT2D eigenvalue weighted by atomic mass is 9.94. The minimum Gasteiger partial charge on any atom is -0.480 e. The predicted octanol–water partition coefficient (Wildman–Crippen LogP) is 2.20. The smallest absolute Gasteiger partial charge is 0.323 e. The van der Waals surface area contributed by atoms with Crippen molar-refractivity contribution in [1.82, 2.24) is 10.2 Å². The van der Waals surface area contributed by atoms with E-state index < -0.39 is 11.5 Å². The summed E-state index contributed by atoms with van der Waals surface area (Å²) in [5.74, 6) is -0.770. The number of likely N-dealkylation sites (N-methyl/N-ethyl adjacent to an activating group) is 1. The first-order valence-corrected chi connectivity index (χ1v) is 6.71. The van der Waals surface area contributed by atoms with Gasteiger partial charge < -0.3 is 15.3 Å². The fourth-order valence-corrected chi connectivity index (χ4v) is 2.09. The Morgan fingerprint density at radius 3 is 2.17 bits per heavy atom. The number of hydrogen-bond acceptors (Lipinski definition) is 3. The van der Waals surface area contributed by atoms with E-state index in [9.17, 15) is 4.79 Å². The van der Waals surface area contributed by atoms with Gasteiger partial charge in [0, 0.05) is 6.54 Å². The highest BCUT2D eigenvalue weighted by Gasteiger charge is 2.30. The van der Waals surface area contributed by atoms with E-state index in [0.29, 0.717) is 11.8 Å². The molecule has 0 aliphatic rings. The summed E-state index contributed by atoms with van der Waals surface area (Å²) in [5.41, 5.74) is -0.474. The molecule has 0 saturated heterocycles. The Kier molecular flexibility index (Phi) is 6.86. The number of aliphatic carboxylic acids is 1. The third kappa shape index (κ3) is 6.97. The molecule has 0 saturated carbocycles. The van der Waals surface area contributed by atoms with Crippen molar-refractivity contribution < 1.29 is 9.90 Å². The van der Waals surface area contributed by atoms with Gasteiger partial charge in [-0.3, -0.25) is 4.79 Å². The minimum atomic E-state index is -0.789. The van der Waals surface area contributed by atoms with Crippen molar-refractivity contribution in [3.8, 4) is 0 Å². The second-order valence-corrected chi connectivity index (χ2v) is 6.64. The van der Waals surface area contributed by atoms with Crippen LogP contribution in [-0.4, -0.2) is 48.7 Å². The largest absolute Gasteiger partial charge is 0.480 e. The molecule has 0 spiro atoms. The molecule has 0 radical (unpaired) electrons. The van der Waals surface area contributed by atoms with Gasteiger partial charge in [-0.05, 0) is 52.2 Å². The topological polar surface area (TPSA) is 52.6 Å². The molecule has 4 heteroatoms. The number of carboxylic acid groups (broad SMARTS) is 1. The van der Waals surface area contributed by atoms with Crippen molar-refractivity contribution in [2.75, 3.05) is 27.2 Å². The lowest BCUT2D eigenvalue weighted by Gasteiger charge is -2.27. The van der Waals surface area contributed by atoms with Gasteiger partial charge >= 0.3 is 5.97 Å². The SMILES string of the molecule is CNC(C)(CCCCN(C)CC(C)(C)C)C(=O)O. The summed E-state index contributed by atoms with van der Waals surface area (Å²) in [6.45, 7) is 10.5. The lowest BCUT2D eigenvalue weighted by molar-refractivity contribution is -0.144. The van der Waals surface area contributed by atoms with Gasteiger partial charge in [-0.1, -0.05) is 20.8 Å². The van der Waals surface area contributed by atoms with Crippen molar-refractivity contribution in [2.24, 2.45) is 5.41 Å². The van der Waals surface area contributed by atoms with Gasteiger partial charge in [0.25, 0.3) is 0 Å². The zero-order valence-corrected chi connectivity index (χ0v) is 12.8. The number of nitrogens with one attached hydrogen (secondary N) is 1. The first-order valence-electron chi connectivity index (χ1n) is 6.71. The van der Waals surface area contributed by atoms with Gasteiger partial charge in [0.1, 0.15) is 5.54 Å². The zero-order chi connectivity index (χ0) is 14.4. The molecule has 0 aromatic heterocycles. The van der Waals surface area contributed by atoms with Crippen LogP contribution in [0.5, 0.6) is 0 Å². The van der Waals surface area contributed by atoms with Gasteiger partial charge in [0.2, 0.25) is 0 Å². The molecule has 0 bridgehead atoms. The quantitative estimate of drug-likeness (QED) is 0.655. The zero-order valence-electron chi connectivity index (χ0n) is 12.8. The van der Waals surface area contributed by atoms with Gasteiger partial charge in [-0.2, -0.15) is 0 Å². The van der Waals surface area contributed by atoms with E-state index in [1.54, 1.807) is 14.0 Å². The Hall–Kier alpha value is -0.610. The molecule has 18 heavy (non-hydrogen) atoms. The standard InChI is InChI=1S/C14H30N2O2/c1-13(2,3)11-16(6)10-8-7-9-14(4,15-5)12(17)18/h15H,7-11H2,1-6H3,(H,17,18). The maximum Gasteiger partial charge on any atom is 0.323 e. The van der Waals surface area contributed by atoms with Crippen LogP contribution in [0.25, 0.3) is 0 Å². The molecular formula is C14H30N2O2. The van der Waals surface area contributed by atoms with Crippen LogP contribution in [-0.2, 0) is 4.79 Å². The van der Waals surface area contributed by atoms with E-state index in [1.165, 1.54) is 0 Å². The van der Waals surface area contributed by atoms with Crippen LogP contribution in [0.4, 0.5) is 0 Å². The Morgan fingerprint density at radius 1 is 1.22 bits per heavy atom. The summed E-state index contributed by atoms with van der Waals surface area (Å²) in [4.78, 5) is 13.4. The van der Waals surface area contributed by atoms with Crippen molar-refractivity contribution in [1.29, 1.82) is 0 Å². The van der Waals surface area contributed by atoms with E-state index in [4.69, 9.17) is 5.11 Å². The van der Waals surface area contributed by atoms with Gasteiger partial charge in [-0.25, -0.2) is 0 Å². The summed E-state index contributed by atoms with van der Waals surface area (Å²) >= 11 is 0. The van der Waals surface area contributed by atoms with Gasteiger partial charge in [0.15, 0.2) is 0 Å². The number of carbonyl (C=O) groups is 1. The molecule has 2 N–H and O–H groups in total. The van der Waals surface area contributed by atoms with E-state index in [1.807, 2.05) is 0 Å². The summed E-state index contributed by atoms with van der Waals surface area (Å²) < 4.78 is 0. The van der Waals surface area contributed by atoms with Gasteiger partial charge in [0.05, 0.1) is 0 Å². The number of hydrogen-bond donors (Lipinski definition) is 2. The van der Waals surface area contributed by atoms with E-state index >= 15 is 0 Å². The van der Waals surface area contributed by atoms with E-state index in [2.05, 4.69) is 38.0 Å². The molecule has 0 rings (SSSR count). The first-order chi connectivity index (χ1) is 8.10. The molecular weight excluding hydrogens is 228 g/mol. The maximum absolute atomic E-state index is 11.1. The lowest BCUT2D eigenvalue weighted by Crippen LogP contribution is -2.47. The van der Waals surface area contributed by atoms with Crippen LogP contribution >= 0.6 is 0 Å². The van der Waals surface area contributed by atoms with Crippen LogP contribution in [0.15, 0.2) is 0 Å². The summed E-state index contributed by atoms with van der Waals surface area (Å²) in [7, 11) is 3.83. The third-order valence-electron chi connectivity index (χ3n) is 3.23. The molecule has 0 aromatic carbocycles. The number of unbranched alkanes of at least 4 members (excludes halogenated alkanes) is 1. The van der Waals surface area contributed by atoms with Crippen molar-refractivity contribution >= 4 is 5.97 Å². The highest BCUT2D eigenvalue weighted by Crippen LogP contribution is 2.16. The molecule has 1 atom stereocenters. The number of carboxylic acids is 1. The van der Waals surface area contributed by atoms with E-state index in [0.717, 1.165) is 25.9 Å². The number of rotatable bonds is 8. The second-order valence-electron chi connectivity index (χ2n) is 6.64. The molecule has 0 heterocycles. The molecule has 0 aliphatic heterocycles. The third-order valence-corrected chi connectivity index (χ3v) is 3.23. The van der Waals surface area contributed by atoms with Crippen molar-refractivity contribution in [2.45, 2.75) is 52.5 Å². The average Bonchev–Trinajstić information content (AvgIpc) is 2.21.